The number of benzene rings is 2. The van der Waals surface area contributed by atoms with Gasteiger partial charge in [0.15, 0.2) is 0 Å². The number of azo groups is 1. The zero-order valence-corrected chi connectivity index (χ0v) is 16.0. The van der Waals surface area contributed by atoms with Crippen molar-refractivity contribution in [2.24, 2.45) is 10.2 Å². The Morgan fingerprint density at radius 3 is 2.22 bits per heavy atom. The van der Waals surface area contributed by atoms with Gasteiger partial charge in [0, 0.05) is 37.4 Å². The van der Waals surface area contributed by atoms with Crippen molar-refractivity contribution >= 4 is 22.7 Å². The molecule has 27 heavy (non-hydrogen) atoms. The maximum atomic E-state index is 10.7. The van der Waals surface area contributed by atoms with Crippen LogP contribution in [0.2, 0.25) is 0 Å². The van der Waals surface area contributed by atoms with E-state index in [0.717, 1.165) is 25.2 Å². The molecule has 0 aliphatic heterocycles. The zero-order chi connectivity index (χ0) is 19.8. The molecular weight excluding hydrogens is 348 g/mol. The molecule has 0 fully saturated rings. The molecule has 0 N–H and O–H groups in total. The lowest BCUT2D eigenvalue weighted by molar-refractivity contribution is -0.384. The van der Waals surface area contributed by atoms with Crippen LogP contribution in [-0.2, 0) is 0 Å². The predicted molar refractivity (Wildman–Crippen MR) is 105 cm³/mol. The topological polar surface area (TPSA) is 89.6 Å². The number of hydrogen-bond acceptors (Lipinski definition) is 7. The summed E-state index contributed by atoms with van der Waals surface area (Å²) in [6, 6.07) is 9.53. The van der Waals surface area contributed by atoms with Crippen molar-refractivity contribution in [3.8, 4) is 11.5 Å². The highest BCUT2D eigenvalue weighted by atomic mass is 16.6. The van der Waals surface area contributed by atoms with Gasteiger partial charge in [-0.1, -0.05) is 6.92 Å². The number of methoxy groups -OCH3 is 2. The molecule has 0 amide bonds. The lowest BCUT2D eigenvalue weighted by atomic mass is 10.2. The van der Waals surface area contributed by atoms with Crippen molar-refractivity contribution in [2.45, 2.75) is 20.3 Å². The third kappa shape index (κ3) is 4.93. The maximum absolute atomic E-state index is 10.7. The highest BCUT2D eigenvalue weighted by Crippen LogP contribution is 2.40. The fourth-order valence-corrected chi connectivity index (χ4v) is 2.66. The summed E-state index contributed by atoms with van der Waals surface area (Å²) < 4.78 is 11.0. The van der Waals surface area contributed by atoms with E-state index in [4.69, 9.17) is 9.47 Å². The summed E-state index contributed by atoms with van der Waals surface area (Å²) in [5, 5.41) is 19.1. The van der Waals surface area contributed by atoms with Crippen LogP contribution in [0.3, 0.4) is 0 Å². The highest BCUT2D eigenvalue weighted by Gasteiger charge is 2.15. The summed E-state index contributed by atoms with van der Waals surface area (Å²) in [6.45, 7) is 5.96. The van der Waals surface area contributed by atoms with Crippen LogP contribution >= 0.6 is 0 Å². The number of non-ortho nitro benzene ring substituents is 1. The number of nitro groups is 1. The van der Waals surface area contributed by atoms with E-state index in [1.807, 2.05) is 6.07 Å². The third-order valence-electron chi connectivity index (χ3n) is 4.03. The largest absolute Gasteiger partial charge is 0.494 e. The van der Waals surface area contributed by atoms with Crippen molar-refractivity contribution in [2.75, 3.05) is 32.2 Å². The average molecular weight is 372 g/mol. The van der Waals surface area contributed by atoms with Crippen molar-refractivity contribution in [3.05, 3.63) is 46.5 Å². The van der Waals surface area contributed by atoms with Crippen LogP contribution in [0, 0.1) is 10.1 Å². The van der Waals surface area contributed by atoms with E-state index < -0.39 is 4.92 Å². The highest BCUT2D eigenvalue weighted by molar-refractivity contribution is 5.70. The van der Waals surface area contributed by atoms with Gasteiger partial charge in [-0.3, -0.25) is 10.1 Å². The number of ether oxygens (including phenoxy) is 2. The van der Waals surface area contributed by atoms with Crippen LogP contribution < -0.4 is 14.4 Å². The molecule has 2 aromatic carbocycles. The molecule has 144 valence electrons. The Balaban J connectivity index is 2.36. The van der Waals surface area contributed by atoms with E-state index in [1.165, 1.54) is 12.1 Å². The summed E-state index contributed by atoms with van der Waals surface area (Å²) in [5.74, 6) is 1.26. The average Bonchev–Trinajstić information content (AvgIpc) is 2.70. The van der Waals surface area contributed by atoms with Gasteiger partial charge in [0.1, 0.15) is 17.2 Å². The zero-order valence-electron chi connectivity index (χ0n) is 16.0. The van der Waals surface area contributed by atoms with Gasteiger partial charge in [0.25, 0.3) is 5.69 Å². The molecule has 0 aliphatic carbocycles. The molecule has 0 saturated heterocycles. The normalized spacial score (nSPS) is 10.8. The van der Waals surface area contributed by atoms with E-state index in [1.54, 1.807) is 32.4 Å². The van der Waals surface area contributed by atoms with Gasteiger partial charge in [-0.2, -0.15) is 5.11 Å². The first kappa shape index (κ1) is 20.2. The van der Waals surface area contributed by atoms with Crippen LogP contribution in [0.1, 0.15) is 20.3 Å². The molecular formula is C19H24N4O4. The van der Waals surface area contributed by atoms with E-state index in [9.17, 15) is 10.1 Å². The fourth-order valence-electron chi connectivity index (χ4n) is 2.66. The summed E-state index contributed by atoms with van der Waals surface area (Å²) in [7, 11) is 3.19. The minimum atomic E-state index is -0.455. The molecule has 0 atom stereocenters. The molecule has 0 saturated carbocycles. The number of anilines is 1. The number of rotatable bonds is 9. The lowest BCUT2D eigenvalue weighted by Gasteiger charge is -2.25. The SMILES string of the molecule is CCCN(CC)c1cc(OC)c(/N=N/c2ccc([N+](=O)[O-])cc2)cc1OC. The second kappa shape index (κ2) is 9.51. The summed E-state index contributed by atoms with van der Waals surface area (Å²) >= 11 is 0. The molecule has 0 heterocycles. The van der Waals surface area contributed by atoms with Gasteiger partial charge >= 0.3 is 0 Å². The molecule has 2 rings (SSSR count). The number of hydrogen-bond donors (Lipinski definition) is 0. The summed E-state index contributed by atoms with van der Waals surface area (Å²) in [6.07, 6.45) is 1.01. The first-order valence-corrected chi connectivity index (χ1v) is 8.71. The molecule has 2 aromatic rings. The maximum Gasteiger partial charge on any atom is 0.269 e. The number of nitrogens with zero attached hydrogens (tertiary/aromatic N) is 4. The smallest absolute Gasteiger partial charge is 0.269 e. The summed E-state index contributed by atoms with van der Waals surface area (Å²) in [4.78, 5) is 12.5. The Morgan fingerprint density at radius 1 is 1.04 bits per heavy atom. The van der Waals surface area contributed by atoms with Gasteiger partial charge in [-0.25, -0.2) is 0 Å². The Bertz CT molecular complexity index is 806. The van der Waals surface area contributed by atoms with Gasteiger partial charge < -0.3 is 14.4 Å². The molecule has 0 unspecified atom stereocenters. The van der Waals surface area contributed by atoms with Crippen LogP contribution in [0.5, 0.6) is 11.5 Å². The van der Waals surface area contributed by atoms with Gasteiger partial charge in [0.2, 0.25) is 0 Å². The molecule has 0 aromatic heterocycles. The van der Waals surface area contributed by atoms with Crippen LogP contribution in [0.25, 0.3) is 0 Å². The monoisotopic (exact) mass is 372 g/mol. The van der Waals surface area contributed by atoms with E-state index in [0.29, 0.717) is 22.9 Å². The van der Waals surface area contributed by atoms with Gasteiger partial charge in [0.05, 0.1) is 30.5 Å². The number of nitro benzene ring substituents is 1. The third-order valence-corrected chi connectivity index (χ3v) is 4.03. The van der Waals surface area contributed by atoms with Crippen molar-refractivity contribution in [1.82, 2.24) is 0 Å². The van der Waals surface area contributed by atoms with Crippen LogP contribution in [0.15, 0.2) is 46.6 Å². The second-order valence-corrected chi connectivity index (χ2v) is 5.75. The van der Waals surface area contributed by atoms with Gasteiger partial charge in [-0.05, 0) is 25.5 Å². The minimum Gasteiger partial charge on any atom is -0.494 e. The van der Waals surface area contributed by atoms with Crippen LogP contribution in [-0.4, -0.2) is 32.2 Å². The second-order valence-electron chi connectivity index (χ2n) is 5.75. The first-order valence-electron chi connectivity index (χ1n) is 8.71. The quantitative estimate of drug-likeness (QED) is 0.340. The Hall–Kier alpha value is -3.16. The van der Waals surface area contributed by atoms with Crippen molar-refractivity contribution in [1.29, 1.82) is 0 Å². The van der Waals surface area contributed by atoms with Gasteiger partial charge in [-0.15, -0.1) is 5.11 Å². The Kier molecular flexibility index (Phi) is 7.10. The first-order chi connectivity index (χ1) is 13.0. The Morgan fingerprint density at radius 2 is 1.70 bits per heavy atom. The van der Waals surface area contributed by atoms with E-state index >= 15 is 0 Å². The van der Waals surface area contributed by atoms with Crippen molar-refractivity contribution < 1.29 is 14.4 Å². The van der Waals surface area contributed by atoms with E-state index in [2.05, 4.69) is 29.0 Å². The standard InChI is InChI=1S/C19H24N4O4/c1-5-11-22(6-2)17-13-18(26-3)16(12-19(17)27-4)21-20-14-7-9-15(10-8-14)23(24)25/h7-10,12-13H,5-6,11H2,1-4H3/b21-20+. The predicted octanol–water partition coefficient (Wildman–Crippen LogP) is 5.26. The Labute approximate surface area is 158 Å². The molecule has 0 aliphatic rings. The molecule has 0 bridgehead atoms. The minimum absolute atomic E-state index is 0.00753. The van der Waals surface area contributed by atoms with E-state index in [-0.39, 0.29) is 5.69 Å². The molecule has 8 heteroatoms. The van der Waals surface area contributed by atoms with Crippen LogP contribution in [0.4, 0.5) is 22.7 Å². The molecule has 0 radical (unpaired) electrons. The van der Waals surface area contributed by atoms with Crippen molar-refractivity contribution in [3.63, 3.8) is 0 Å². The molecule has 8 nitrogen and oxygen atoms in total. The molecule has 0 spiro atoms. The summed E-state index contributed by atoms with van der Waals surface area (Å²) in [5.41, 5.74) is 1.97. The fraction of sp³-hybridized carbons (Fsp3) is 0.368. The lowest BCUT2D eigenvalue weighted by Crippen LogP contribution is -2.23.